The third-order valence-electron chi connectivity index (χ3n) is 11.0. The molecule has 0 N–H and O–H groups in total. The molecule has 0 aliphatic rings. The van der Waals surface area contributed by atoms with Crippen molar-refractivity contribution in [1.29, 1.82) is 0 Å². The smallest absolute Gasteiger partial charge is 0.164 e. The maximum Gasteiger partial charge on any atom is 0.164 e. The first-order chi connectivity index (χ1) is 27.3. The first-order valence-electron chi connectivity index (χ1n) is 18.4. The predicted octanol–water partition coefficient (Wildman–Crippen LogP) is 12.8. The predicted molar refractivity (Wildman–Crippen MR) is 228 cm³/mol. The molecule has 0 aliphatic heterocycles. The molecular formula is C49H29N5S. The van der Waals surface area contributed by atoms with E-state index in [1.807, 2.05) is 30.3 Å². The second-order valence-electron chi connectivity index (χ2n) is 14.1. The van der Waals surface area contributed by atoms with Crippen LogP contribution in [0.4, 0.5) is 0 Å². The van der Waals surface area contributed by atoms with Crippen molar-refractivity contribution in [3.63, 3.8) is 0 Å². The summed E-state index contributed by atoms with van der Waals surface area (Å²) in [6.07, 6.45) is 0. The van der Waals surface area contributed by atoms with Crippen molar-refractivity contribution in [3.05, 3.63) is 175 Å². The average molecular weight is 720 g/mol. The second-order valence-corrected chi connectivity index (χ2v) is 15.0. The van der Waals surface area contributed by atoms with Crippen LogP contribution in [0.15, 0.2) is 175 Å². The van der Waals surface area contributed by atoms with Gasteiger partial charge in [-0.2, -0.15) is 0 Å². The number of nitrogens with zero attached hydrogens (tertiary/aromatic N) is 5. The third-order valence-corrected chi connectivity index (χ3v) is 11.9. The maximum atomic E-state index is 5.08. The van der Waals surface area contributed by atoms with E-state index < -0.39 is 0 Å². The summed E-state index contributed by atoms with van der Waals surface area (Å²) in [5.74, 6) is 1.92. The Labute approximate surface area is 319 Å². The molecule has 0 amide bonds. The van der Waals surface area contributed by atoms with Gasteiger partial charge in [-0.3, -0.25) is 4.40 Å². The zero-order valence-corrected chi connectivity index (χ0v) is 30.2. The summed E-state index contributed by atoms with van der Waals surface area (Å²) in [5, 5.41) is 9.85. The van der Waals surface area contributed by atoms with Crippen LogP contribution in [0.3, 0.4) is 0 Å². The lowest BCUT2D eigenvalue weighted by Gasteiger charge is -2.11. The molecule has 0 bridgehead atoms. The lowest BCUT2D eigenvalue weighted by atomic mass is 9.99. The summed E-state index contributed by atoms with van der Waals surface area (Å²) in [7, 11) is 0. The molecule has 0 aliphatic carbocycles. The molecule has 12 rings (SSSR count). The number of fused-ring (bicyclic) bond motifs is 9. The van der Waals surface area contributed by atoms with E-state index in [-0.39, 0.29) is 0 Å². The fourth-order valence-electron chi connectivity index (χ4n) is 8.48. The fourth-order valence-corrected chi connectivity index (χ4v) is 9.42. The van der Waals surface area contributed by atoms with Gasteiger partial charge in [0.1, 0.15) is 4.83 Å². The highest BCUT2D eigenvalue weighted by Gasteiger charge is 2.20. The Morgan fingerprint density at radius 3 is 1.45 bits per heavy atom. The number of thiophene rings is 1. The summed E-state index contributed by atoms with van der Waals surface area (Å²) < 4.78 is 4.76. The standard InChI is InChI=1S/C49H29N5S/c1-2-10-31(11-3-1)46-50-47(52-48(51-46)33-22-24-35(25-23-33)53-42-15-7-4-12-36(42)37-13-5-8-16-43(37)53)32-20-18-30(19-21-32)34-28-40-38-14-6-9-17-44(38)54-45(40)41(29-34)39-26-27-55-49(39)54/h1-29H. The number of hydrogen-bond acceptors (Lipinski definition) is 4. The van der Waals surface area contributed by atoms with E-state index in [2.05, 4.69) is 154 Å². The molecular weight excluding hydrogens is 691 g/mol. The summed E-state index contributed by atoms with van der Waals surface area (Å²) in [6, 6.07) is 60.2. The van der Waals surface area contributed by atoms with Crippen LogP contribution in [0.25, 0.3) is 110 Å². The normalized spacial score (nSPS) is 12.0. The van der Waals surface area contributed by atoms with Crippen molar-refractivity contribution in [2.75, 3.05) is 0 Å². The SMILES string of the molecule is c1ccc(-c2nc(-c3ccc(-c4cc5c6ccccc6n6c7sccc7c(c4)c56)cc3)nc(-c3ccc(-n4c5ccccc5c5ccccc54)cc3)n2)cc1. The number of para-hydroxylation sites is 3. The molecule has 0 spiro atoms. The molecule has 55 heavy (non-hydrogen) atoms. The van der Waals surface area contributed by atoms with Gasteiger partial charge >= 0.3 is 0 Å². The van der Waals surface area contributed by atoms with Gasteiger partial charge < -0.3 is 4.57 Å². The van der Waals surface area contributed by atoms with Gasteiger partial charge in [0.15, 0.2) is 17.5 Å². The molecule has 0 fully saturated rings. The molecule has 12 aromatic rings. The monoisotopic (exact) mass is 719 g/mol. The second kappa shape index (κ2) is 11.7. The van der Waals surface area contributed by atoms with Gasteiger partial charge in [0.2, 0.25) is 0 Å². The van der Waals surface area contributed by atoms with Crippen LogP contribution >= 0.6 is 11.3 Å². The highest BCUT2D eigenvalue weighted by atomic mass is 32.1. The summed E-state index contributed by atoms with van der Waals surface area (Å²) in [4.78, 5) is 16.4. The highest BCUT2D eigenvalue weighted by Crippen LogP contribution is 2.43. The van der Waals surface area contributed by atoms with E-state index in [1.54, 1.807) is 11.3 Å². The zero-order valence-electron chi connectivity index (χ0n) is 29.4. The van der Waals surface area contributed by atoms with Crippen LogP contribution in [-0.4, -0.2) is 23.9 Å². The Morgan fingerprint density at radius 2 is 0.836 bits per heavy atom. The third kappa shape index (κ3) is 4.55. The van der Waals surface area contributed by atoms with Gasteiger partial charge in [-0.05, 0) is 77.2 Å². The molecule has 5 heterocycles. The molecule has 0 saturated heterocycles. The Morgan fingerprint density at radius 1 is 0.364 bits per heavy atom. The largest absolute Gasteiger partial charge is 0.309 e. The minimum atomic E-state index is 0.637. The molecule has 256 valence electrons. The van der Waals surface area contributed by atoms with Gasteiger partial charge in [-0.15, -0.1) is 11.3 Å². The summed E-state index contributed by atoms with van der Waals surface area (Å²) in [5.41, 5.74) is 11.2. The van der Waals surface area contributed by atoms with Gasteiger partial charge in [-0.1, -0.05) is 109 Å². The van der Waals surface area contributed by atoms with Crippen molar-refractivity contribution >= 4 is 70.6 Å². The number of rotatable bonds is 5. The summed E-state index contributed by atoms with van der Waals surface area (Å²) in [6.45, 7) is 0. The quantitative estimate of drug-likeness (QED) is 0.178. The number of aromatic nitrogens is 5. The van der Waals surface area contributed by atoms with Crippen molar-refractivity contribution in [2.24, 2.45) is 0 Å². The van der Waals surface area contributed by atoms with E-state index in [0.717, 1.165) is 27.9 Å². The lowest BCUT2D eigenvalue weighted by Crippen LogP contribution is -2.00. The van der Waals surface area contributed by atoms with Crippen LogP contribution in [0, 0.1) is 0 Å². The molecule has 0 radical (unpaired) electrons. The van der Waals surface area contributed by atoms with Crippen molar-refractivity contribution in [1.82, 2.24) is 23.9 Å². The topological polar surface area (TPSA) is 48.0 Å². The van der Waals surface area contributed by atoms with E-state index >= 15 is 0 Å². The van der Waals surface area contributed by atoms with E-state index in [9.17, 15) is 0 Å². The zero-order chi connectivity index (χ0) is 36.0. The molecule has 0 saturated carbocycles. The van der Waals surface area contributed by atoms with Crippen LogP contribution in [0.2, 0.25) is 0 Å². The molecule has 5 aromatic heterocycles. The fraction of sp³-hybridized carbons (Fsp3) is 0. The van der Waals surface area contributed by atoms with Crippen molar-refractivity contribution < 1.29 is 0 Å². The van der Waals surface area contributed by atoms with Gasteiger partial charge in [0.05, 0.1) is 22.1 Å². The van der Waals surface area contributed by atoms with Gasteiger partial charge in [-0.25, -0.2) is 15.0 Å². The Bertz CT molecular complexity index is 3360. The average Bonchev–Trinajstić information content (AvgIpc) is 4.02. The minimum absolute atomic E-state index is 0.637. The number of hydrogen-bond donors (Lipinski definition) is 0. The van der Waals surface area contributed by atoms with Crippen LogP contribution in [-0.2, 0) is 0 Å². The Kier molecular flexibility index (Phi) is 6.44. The first-order valence-corrected chi connectivity index (χ1v) is 19.3. The highest BCUT2D eigenvalue weighted by molar-refractivity contribution is 7.17. The molecule has 7 aromatic carbocycles. The van der Waals surface area contributed by atoms with Crippen LogP contribution in [0.5, 0.6) is 0 Å². The van der Waals surface area contributed by atoms with Crippen molar-refractivity contribution in [2.45, 2.75) is 0 Å². The Hall–Kier alpha value is -7.15. The minimum Gasteiger partial charge on any atom is -0.309 e. The molecule has 0 atom stereocenters. The number of benzene rings is 7. The molecule has 0 unspecified atom stereocenters. The Balaban J connectivity index is 0.958. The summed E-state index contributed by atoms with van der Waals surface area (Å²) >= 11 is 1.80. The lowest BCUT2D eigenvalue weighted by molar-refractivity contribution is 1.07. The first kappa shape index (κ1) is 30.3. The van der Waals surface area contributed by atoms with E-state index in [1.165, 1.54) is 64.8 Å². The van der Waals surface area contributed by atoms with Gasteiger partial charge in [0, 0.05) is 54.7 Å². The van der Waals surface area contributed by atoms with E-state index in [0.29, 0.717) is 17.5 Å². The van der Waals surface area contributed by atoms with Gasteiger partial charge in [0.25, 0.3) is 0 Å². The molecule has 6 heteroatoms. The van der Waals surface area contributed by atoms with Crippen molar-refractivity contribution in [3.8, 4) is 51.0 Å². The van der Waals surface area contributed by atoms with Crippen LogP contribution < -0.4 is 0 Å². The molecule has 5 nitrogen and oxygen atoms in total. The maximum absolute atomic E-state index is 5.08. The van der Waals surface area contributed by atoms with E-state index in [4.69, 9.17) is 15.0 Å². The van der Waals surface area contributed by atoms with Crippen LogP contribution in [0.1, 0.15) is 0 Å².